The van der Waals surface area contributed by atoms with Crippen LogP contribution in [0.5, 0.6) is 0 Å². The first kappa shape index (κ1) is 18.1. The Hall–Kier alpha value is -2.73. The maximum absolute atomic E-state index is 13.7. The van der Waals surface area contributed by atoms with Gasteiger partial charge in [-0.05, 0) is 70.7 Å². The SMILES string of the molecule is CC1=C(CC(=O)O)c2ccc(F)cc2/C1=C\c1ccc(S(C)(=O)=O)cc1. The Bertz CT molecular complexity index is 1060. The van der Waals surface area contributed by atoms with Crippen molar-refractivity contribution in [1.29, 1.82) is 0 Å². The Morgan fingerprint density at radius 3 is 2.35 bits per heavy atom. The molecule has 2 aromatic carbocycles. The summed E-state index contributed by atoms with van der Waals surface area (Å²) in [4.78, 5) is 11.4. The second kappa shape index (κ2) is 6.53. The molecule has 0 aromatic heterocycles. The number of hydrogen-bond acceptors (Lipinski definition) is 3. The molecule has 0 heterocycles. The smallest absolute Gasteiger partial charge is 0.307 e. The van der Waals surface area contributed by atoms with Gasteiger partial charge in [0.05, 0.1) is 11.3 Å². The minimum Gasteiger partial charge on any atom is -0.481 e. The third-order valence-corrected chi connectivity index (χ3v) is 5.53. The van der Waals surface area contributed by atoms with E-state index in [1.165, 1.54) is 24.3 Å². The van der Waals surface area contributed by atoms with Crippen molar-refractivity contribution >= 4 is 33.0 Å². The van der Waals surface area contributed by atoms with E-state index in [1.54, 1.807) is 18.2 Å². The summed E-state index contributed by atoms with van der Waals surface area (Å²) in [6, 6.07) is 10.7. The molecule has 0 saturated carbocycles. The molecule has 0 amide bonds. The number of fused-ring (bicyclic) bond motifs is 1. The summed E-state index contributed by atoms with van der Waals surface area (Å²) in [5.74, 6) is -1.35. The Labute approximate surface area is 151 Å². The van der Waals surface area contributed by atoms with Gasteiger partial charge >= 0.3 is 5.97 Å². The monoisotopic (exact) mass is 372 g/mol. The van der Waals surface area contributed by atoms with Crippen molar-refractivity contribution < 1.29 is 22.7 Å². The van der Waals surface area contributed by atoms with Crippen molar-refractivity contribution in [1.82, 2.24) is 0 Å². The van der Waals surface area contributed by atoms with Crippen molar-refractivity contribution in [2.45, 2.75) is 18.2 Å². The Kier molecular flexibility index (Phi) is 4.54. The van der Waals surface area contributed by atoms with E-state index in [-0.39, 0.29) is 11.3 Å². The topological polar surface area (TPSA) is 71.4 Å². The second-order valence-electron chi connectivity index (χ2n) is 6.26. The summed E-state index contributed by atoms with van der Waals surface area (Å²) >= 11 is 0. The molecule has 3 rings (SSSR count). The minimum atomic E-state index is -3.28. The largest absolute Gasteiger partial charge is 0.481 e. The molecular formula is C20H17FO4S. The van der Waals surface area contributed by atoms with Crippen LogP contribution >= 0.6 is 0 Å². The standard InChI is InChI=1S/C20H17FO4S/c1-12-17(9-13-3-6-15(7-4-13)26(2,24)25)19-10-14(21)5-8-16(19)18(12)11-20(22)23/h3-10H,11H2,1-2H3,(H,22,23)/b17-9-. The third kappa shape index (κ3) is 3.46. The molecule has 0 atom stereocenters. The highest BCUT2D eigenvalue weighted by molar-refractivity contribution is 7.90. The zero-order valence-electron chi connectivity index (χ0n) is 14.3. The first-order valence-corrected chi connectivity index (χ1v) is 9.80. The maximum Gasteiger partial charge on any atom is 0.307 e. The summed E-state index contributed by atoms with van der Waals surface area (Å²) < 4.78 is 36.9. The van der Waals surface area contributed by atoms with Gasteiger partial charge in [0.1, 0.15) is 5.82 Å². The van der Waals surface area contributed by atoms with Crippen LogP contribution in [0.4, 0.5) is 4.39 Å². The summed E-state index contributed by atoms with van der Waals surface area (Å²) in [5, 5.41) is 9.17. The van der Waals surface area contributed by atoms with Gasteiger partial charge in [0.15, 0.2) is 9.84 Å². The molecule has 2 aromatic rings. The number of halogens is 1. The Morgan fingerprint density at radius 1 is 1.12 bits per heavy atom. The zero-order valence-corrected chi connectivity index (χ0v) is 15.1. The van der Waals surface area contributed by atoms with Crippen LogP contribution in [0, 0.1) is 5.82 Å². The van der Waals surface area contributed by atoms with E-state index in [9.17, 15) is 22.7 Å². The highest BCUT2D eigenvalue weighted by Gasteiger charge is 2.25. The number of carbonyl (C=O) groups is 1. The lowest BCUT2D eigenvalue weighted by Crippen LogP contribution is -1.96. The number of carboxylic acid groups (broad SMARTS) is 1. The average Bonchev–Trinajstić information content (AvgIpc) is 2.79. The lowest BCUT2D eigenvalue weighted by atomic mass is 10.0. The third-order valence-electron chi connectivity index (χ3n) is 4.40. The predicted molar refractivity (Wildman–Crippen MR) is 98.7 cm³/mol. The molecular weight excluding hydrogens is 355 g/mol. The summed E-state index contributed by atoms with van der Waals surface area (Å²) in [5.41, 5.74) is 4.28. The number of benzene rings is 2. The van der Waals surface area contributed by atoms with Crippen LogP contribution < -0.4 is 0 Å². The van der Waals surface area contributed by atoms with Gasteiger partial charge < -0.3 is 5.11 Å². The van der Waals surface area contributed by atoms with Gasteiger partial charge in [0.25, 0.3) is 0 Å². The van der Waals surface area contributed by atoms with E-state index < -0.39 is 21.6 Å². The van der Waals surface area contributed by atoms with Gasteiger partial charge in [-0.2, -0.15) is 0 Å². The number of allylic oxidation sites excluding steroid dienone is 2. The number of sulfone groups is 1. The van der Waals surface area contributed by atoms with Crippen molar-refractivity contribution in [3.63, 3.8) is 0 Å². The number of hydrogen-bond donors (Lipinski definition) is 1. The van der Waals surface area contributed by atoms with Crippen molar-refractivity contribution in [2.75, 3.05) is 6.26 Å². The summed E-state index contributed by atoms with van der Waals surface area (Å²) in [7, 11) is -3.28. The molecule has 0 aliphatic heterocycles. The lowest BCUT2D eigenvalue weighted by Gasteiger charge is -2.05. The van der Waals surface area contributed by atoms with Gasteiger partial charge in [-0.15, -0.1) is 0 Å². The quantitative estimate of drug-likeness (QED) is 0.879. The molecule has 0 bridgehead atoms. The van der Waals surface area contributed by atoms with Gasteiger partial charge in [-0.1, -0.05) is 18.2 Å². The van der Waals surface area contributed by atoms with Crippen LogP contribution in [-0.4, -0.2) is 25.7 Å². The Balaban J connectivity index is 2.11. The Morgan fingerprint density at radius 2 is 1.77 bits per heavy atom. The molecule has 0 saturated heterocycles. The molecule has 0 radical (unpaired) electrons. The molecule has 0 spiro atoms. The summed E-state index contributed by atoms with van der Waals surface area (Å²) in [6.45, 7) is 1.81. The molecule has 4 nitrogen and oxygen atoms in total. The molecule has 1 aliphatic carbocycles. The molecule has 6 heteroatoms. The summed E-state index contributed by atoms with van der Waals surface area (Å²) in [6.07, 6.45) is 2.81. The van der Waals surface area contributed by atoms with E-state index in [0.717, 1.165) is 23.0 Å². The normalized spacial score (nSPS) is 15.4. The molecule has 0 fully saturated rings. The van der Waals surface area contributed by atoms with Crippen LogP contribution in [0.25, 0.3) is 17.2 Å². The molecule has 0 unspecified atom stereocenters. The first-order chi connectivity index (χ1) is 12.2. The van der Waals surface area contributed by atoms with Crippen molar-refractivity contribution in [2.24, 2.45) is 0 Å². The van der Waals surface area contributed by atoms with Gasteiger partial charge in [-0.3, -0.25) is 4.79 Å². The molecule has 1 N–H and O–H groups in total. The number of rotatable bonds is 4. The molecule has 134 valence electrons. The van der Waals surface area contributed by atoms with Gasteiger partial charge in [-0.25, -0.2) is 12.8 Å². The number of aliphatic carboxylic acids is 1. The van der Waals surface area contributed by atoms with Crippen LogP contribution in [0.3, 0.4) is 0 Å². The average molecular weight is 372 g/mol. The van der Waals surface area contributed by atoms with Crippen LogP contribution in [0.2, 0.25) is 0 Å². The maximum atomic E-state index is 13.7. The van der Waals surface area contributed by atoms with E-state index in [4.69, 9.17) is 0 Å². The van der Waals surface area contributed by atoms with Crippen LogP contribution in [-0.2, 0) is 14.6 Å². The second-order valence-corrected chi connectivity index (χ2v) is 8.28. The van der Waals surface area contributed by atoms with Crippen LogP contribution in [0.1, 0.15) is 30.0 Å². The predicted octanol–water partition coefficient (Wildman–Crippen LogP) is 4.03. The minimum absolute atomic E-state index is 0.144. The fourth-order valence-electron chi connectivity index (χ4n) is 3.11. The fraction of sp³-hybridized carbons (Fsp3) is 0.150. The van der Waals surface area contributed by atoms with Gasteiger partial charge in [0.2, 0.25) is 0 Å². The highest BCUT2D eigenvalue weighted by atomic mass is 32.2. The van der Waals surface area contributed by atoms with Crippen molar-refractivity contribution in [3.05, 3.63) is 70.5 Å². The lowest BCUT2D eigenvalue weighted by molar-refractivity contribution is -0.135. The first-order valence-electron chi connectivity index (χ1n) is 7.91. The van der Waals surface area contributed by atoms with E-state index in [2.05, 4.69) is 0 Å². The fourth-order valence-corrected chi connectivity index (χ4v) is 3.74. The van der Waals surface area contributed by atoms with E-state index in [0.29, 0.717) is 16.7 Å². The van der Waals surface area contributed by atoms with E-state index >= 15 is 0 Å². The van der Waals surface area contributed by atoms with Crippen LogP contribution in [0.15, 0.2) is 52.9 Å². The molecule has 1 aliphatic rings. The zero-order chi connectivity index (χ0) is 19.1. The van der Waals surface area contributed by atoms with E-state index in [1.807, 2.05) is 13.0 Å². The van der Waals surface area contributed by atoms with Crippen molar-refractivity contribution in [3.8, 4) is 0 Å². The molecule has 26 heavy (non-hydrogen) atoms. The van der Waals surface area contributed by atoms with Gasteiger partial charge in [0, 0.05) is 6.26 Å². The number of carboxylic acids is 1. The highest BCUT2D eigenvalue weighted by Crippen LogP contribution is 2.43.